The molecule has 0 spiro atoms. The van der Waals surface area contributed by atoms with Crippen LogP contribution in [0.1, 0.15) is 11.3 Å². The number of carbonyl (C=O) groups is 1. The van der Waals surface area contributed by atoms with E-state index in [4.69, 9.17) is 9.47 Å². The fraction of sp³-hybridized carbons (Fsp3) is 0.200. The van der Waals surface area contributed by atoms with Crippen molar-refractivity contribution in [1.82, 2.24) is 15.1 Å². The molecule has 0 saturated carbocycles. The van der Waals surface area contributed by atoms with Gasteiger partial charge in [-0.2, -0.15) is 5.10 Å². The van der Waals surface area contributed by atoms with Crippen molar-refractivity contribution in [1.29, 1.82) is 0 Å². The van der Waals surface area contributed by atoms with E-state index in [1.165, 1.54) is 18.3 Å². The zero-order chi connectivity index (χ0) is 19.2. The summed E-state index contributed by atoms with van der Waals surface area (Å²) in [4.78, 5) is 12.0. The topological polar surface area (TPSA) is 65.4 Å². The number of hydrogen-bond acceptors (Lipinski definition) is 4. The quantitative estimate of drug-likeness (QED) is 0.720. The Morgan fingerprint density at radius 1 is 1.15 bits per heavy atom. The molecule has 0 aliphatic carbocycles. The SMILES string of the molecule is COc1ccccc1CCNC(=O)Oc1cnn(-c2ccc(F)cc2)c1C. The second kappa shape index (κ2) is 8.35. The minimum Gasteiger partial charge on any atom is -0.496 e. The maximum Gasteiger partial charge on any atom is 0.412 e. The van der Waals surface area contributed by atoms with Crippen molar-refractivity contribution in [3.63, 3.8) is 0 Å². The predicted molar refractivity (Wildman–Crippen MR) is 99.0 cm³/mol. The molecule has 0 fully saturated rings. The first-order valence-electron chi connectivity index (χ1n) is 8.46. The van der Waals surface area contributed by atoms with Gasteiger partial charge >= 0.3 is 6.09 Å². The van der Waals surface area contributed by atoms with Gasteiger partial charge in [-0.25, -0.2) is 13.9 Å². The van der Waals surface area contributed by atoms with Crippen LogP contribution in [0, 0.1) is 12.7 Å². The average Bonchev–Trinajstić information content (AvgIpc) is 3.03. The lowest BCUT2D eigenvalue weighted by Crippen LogP contribution is -2.29. The zero-order valence-corrected chi connectivity index (χ0v) is 15.1. The van der Waals surface area contributed by atoms with E-state index >= 15 is 0 Å². The summed E-state index contributed by atoms with van der Waals surface area (Å²) in [6.07, 6.45) is 1.51. The number of carbonyl (C=O) groups excluding carboxylic acids is 1. The summed E-state index contributed by atoms with van der Waals surface area (Å²) in [7, 11) is 1.61. The predicted octanol–water partition coefficient (Wildman–Crippen LogP) is 3.66. The van der Waals surface area contributed by atoms with Gasteiger partial charge in [0, 0.05) is 6.54 Å². The Hall–Kier alpha value is -3.35. The third-order valence-corrected chi connectivity index (χ3v) is 4.09. The number of amides is 1. The first-order valence-corrected chi connectivity index (χ1v) is 8.46. The Morgan fingerprint density at radius 3 is 2.63 bits per heavy atom. The van der Waals surface area contributed by atoms with Crippen LogP contribution < -0.4 is 14.8 Å². The van der Waals surface area contributed by atoms with Crippen molar-refractivity contribution in [2.75, 3.05) is 13.7 Å². The highest BCUT2D eigenvalue weighted by molar-refractivity contribution is 5.70. The van der Waals surface area contributed by atoms with E-state index in [2.05, 4.69) is 10.4 Å². The molecule has 3 rings (SSSR count). The molecule has 0 bridgehead atoms. The molecule has 140 valence electrons. The van der Waals surface area contributed by atoms with Gasteiger partial charge in [0.2, 0.25) is 0 Å². The molecule has 0 aliphatic rings. The fourth-order valence-electron chi connectivity index (χ4n) is 2.68. The Balaban J connectivity index is 1.57. The molecular formula is C20H20FN3O3. The summed E-state index contributed by atoms with van der Waals surface area (Å²) < 4.78 is 25.2. The first-order chi connectivity index (χ1) is 13.1. The molecule has 0 radical (unpaired) electrons. The van der Waals surface area contributed by atoms with Gasteiger partial charge in [0.05, 0.1) is 24.7 Å². The normalized spacial score (nSPS) is 10.5. The second-order valence-electron chi connectivity index (χ2n) is 5.86. The molecule has 27 heavy (non-hydrogen) atoms. The zero-order valence-electron chi connectivity index (χ0n) is 15.1. The molecule has 3 aromatic rings. The molecule has 0 unspecified atom stereocenters. The molecule has 0 atom stereocenters. The molecule has 0 aliphatic heterocycles. The number of halogens is 1. The third kappa shape index (κ3) is 4.44. The molecule has 7 heteroatoms. The minimum absolute atomic E-state index is 0.325. The maximum atomic E-state index is 13.1. The molecule has 1 amide bonds. The maximum absolute atomic E-state index is 13.1. The second-order valence-corrected chi connectivity index (χ2v) is 5.86. The van der Waals surface area contributed by atoms with Crippen LogP contribution in [0.4, 0.5) is 9.18 Å². The lowest BCUT2D eigenvalue weighted by molar-refractivity contribution is 0.200. The number of hydrogen-bond donors (Lipinski definition) is 1. The molecule has 1 N–H and O–H groups in total. The van der Waals surface area contributed by atoms with Gasteiger partial charge < -0.3 is 14.8 Å². The third-order valence-electron chi connectivity index (χ3n) is 4.09. The van der Waals surface area contributed by atoms with Crippen LogP contribution in [0.15, 0.2) is 54.7 Å². The highest BCUT2D eigenvalue weighted by atomic mass is 19.1. The number of nitrogens with zero attached hydrogens (tertiary/aromatic N) is 2. The van der Waals surface area contributed by atoms with Crippen LogP contribution in [-0.2, 0) is 6.42 Å². The lowest BCUT2D eigenvalue weighted by Gasteiger charge is -2.09. The number of rotatable bonds is 6. The molecule has 2 aromatic carbocycles. The van der Waals surface area contributed by atoms with Crippen molar-refractivity contribution in [2.24, 2.45) is 0 Å². The van der Waals surface area contributed by atoms with Gasteiger partial charge in [0.25, 0.3) is 0 Å². The number of methoxy groups -OCH3 is 1. The van der Waals surface area contributed by atoms with E-state index in [0.29, 0.717) is 30.1 Å². The van der Waals surface area contributed by atoms with Gasteiger partial charge in [-0.05, 0) is 49.2 Å². The van der Waals surface area contributed by atoms with E-state index in [9.17, 15) is 9.18 Å². The Kier molecular flexibility index (Phi) is 5.71. The standard InChI is InChI=1S/C20H20FN3O3/c1-14-19(13-23-24(14)17-9-7-16(21)8-10-17)27-20(25)22-12-11-15-5-3-4-6-18(15)26-2/h3-10,13H,11-12H2,1-2H3,(H,22,25). The van der Waals surface area contributed by atoms with Crippen molar-refractivity contribution in [3.05, 3.63) is 71.8 Å². The van der Waals surface area contributed by atoms with Crippen LogP contribution in [0.2, 0.25) is 0 Å². The summed E-state index contributed by atoms with van der Waals surface area (Å²) in [5.74, 6) is 0.799. The summed E-state index contributed by atoms with van der Waals surface area (Å²) in [5, 5.41) is 6.90. The molecule has 6 nitrogen and oxygen atoms in total. The van der Waals surface area contributed by atoms with E-state index in [0.717, 1.165) is 11.3 Å². The van der Waals surface area contributed by atoms with E-state index in [1.807, 2.05) is 24.3 Å². The van der Waals surface area contributed by atoms with Crippen LogP contribution >= 0.6 is 0 Å². The van der Waals surface area contributed by atoms with Crippen LogP contribution in [-0.4, -0.2) is 29.5 Å². The molecule has 0 saturated heterocycles. The van der Waals surface area contributed by atoms with Crippen LogP contribution in [0.25, 0.3) is 5.69 Å². The highest BCUT2D eigenvalue weighted by Gasteiger charge is 2.13. The van der Waals surface area contributed by atoms with Crippen LogP contribution in [0.3, 0.4) is 0 Å². The monoisotopic (exact) mass is 369 g/mol. The number of benzene rings is 2. The van der Waals surface area contributed by atoms with Gasteiger partial charge in [0.1, 0.15) is 11.6 Å². The lowest BCUT2D eigenvalue weighted by atomic mass is 10.1. The first kappa shape index (κ1) is 18.4. The largest absolute Gasteiger partial charge is 0.496 e. The summed E-state index contributed by atoms with van der Waals surface area (Å²) in [6, 6.07) is 13.5. The Bertz CT molecular complexity index is 922. The van der Waals surface area contributed by atoms with Gasteiger partial charge in [-0.1, -0.05) is 18.2 Å². The van der Waals surface area contributed by atoms with Crippen LogP contribution in [0.5, 0.6) is 11.5 Å². The van der Waals surface area contributed by atoms with Crippen molar-refractivity contribution in [2.45, 2.75) is 13.3 Å². The van der Waals surface area contributed by atoms with Gasteiger partial charge in [-0.3, -0.25) is 0 Å². The van der Waals surface area contributed by atoms with E-state index < -0.39 is 6.09 Å². The number of para-hydroxylation sites is 1. The molecule has 1 aromatic heterocycles. The van der Waals surface area contributed by atoms with Gasteiger partial charge in [-0.15, -0.1) is 0 Å². The summed E-state index contributed by atoms with van der Waals surface area (Å²) in [5.41, 5.74) is 2.32. The molecule has 1 heterocycles. The number of ether oxygens (including phenoxy) is 2. The van der Waals surface area contributed by atoms with Gasteiger partial charge in [0.15, 0.2) is 5.75 Å². The number of aromatic nitrogens is 2. The van der Waals surface area contributed by atoms with E-state index in [1.54, 1.807) is 30.8 Å². The van der Waals surface area contributed by atoms with Crippen molar-refractivity contribution in [3.8, 4) is 17.2 Å². The number of nitrogens with one attached hydrogen (secondary N) is 1. The molecular weight excluding hydrogens is 349 g/mol. The van der Waals surface area contributed by atoms with E-state index in [-0.39, 0.29) is 5.82 Å². The summed E-state index contributed by atoms with van der Waals surface area (Å²) >= 11 is 0. The Morgan fingerprint density at radius 2 is 1.89 bits per heavy atom. The fourth-order valence-corrected chi connectivity index (χ4v) is 2.68. The highest BCUT2D eigenvalue weighted by Crippen LogP contribution is 2.21. The smallest absolute Gasteiger partial charge is 0.412 e. The van der Waals surface area contributed by atoms with Crippen molar-refractivity contribution < 1.29 is 18.7 Å². The Labute approximate surface area is 156 Å². The summed E-state index contributed by atoms with van der Waals surface area (Å²) in [6.45, 7) is 2.18. The average molecular weight is 369 g/mol. The minimum atomic E-state index is -0.563. The van der Waals surface area contributed by atoms with Crippen molar-refractivity contribution >= 4 is 6.09 Å².